The molecule has 0 radical (unpaired) electrons. The molecule has 0 N–H and O–H groups in total. The van der Waals surface area contributed by atoms with Crippen molar-refractivity contribution in [2.24, 2.45) is 7.05 Å². The lowest BCUT2D eigenvalue weighted by molar-refractivity contribution is -0.139. The molecule has 1 fully saturated rings. The monoisotopic (exact) mass is 241 g/mol. The van der Waals surface area contributed by atoms with Gasteiger partial charge < -0.3 is 9.30 Å². The second kappa shape index (κ2) is 4.86. The van der Waals surface area contributed by atoms with E-state index in [1.54, 1.807) is 6.92 Å². The number of nitrogens with zero attached hydrogens (tertiary/aromatic N) is 3. The molecule has 1 aliphatic rings. The molecule has 0 bridgehead atoms. The summed E-state index contributed by atoms with van der Waals surface area (Å²) in [6, 6.07) is 0. The molecule has 0 amide bonds. The number of hydrogen-bond acceptors (Lipinski definition) is 5. The third-order valence-corrected chi connectivity index (χ3v) is 3.43. The van der Waals surface area contributed by atoms with Gasteiger partial charge in [-0.2, -0.15) is 0 Å². The standard InChI is InChI=1S/C10H15N3O2S/c1-3-15-8(14)6-16-10-12-11-9(13(10)2)7-4-5-7/h7H,3-6H2,1-2H3. The normalized spacial score (nSPS) is 15.1. The summed E-state index contributed by atoms with van der Waals surface area (Å²) in [7, 11) is 1.95. The van der Waals surface area contributed by atoms with Gasteiger partial charge in [-0.15, -0.1) is 10.2 Å². The van der Waals surface area contributed by atoms with Crippen molar-refractivity contribution in [3.63, 3.8) is 0 Å². The molecule has 88 valence electrons. The maximum atomic E-state index is 11.2. The average molecular weight is 241 g/mol. The van der Waals surface area contributed by atoms with E-state index in [-0.39, 0.29) is 5.97 Å². The summed E-state index contributed by atoms with van der Waals surface area (Å²) in [5, 5.41) is 9.01. The van der Waals surface area contributed by atoms with Crippen molar-refractivity contribution in [2.75, 3.05) is 12.4 Å². The minimum atomic E-state index is -0.205. The number of ether oxygens (including phenoxy) is 1. The van der Waals surface area contributed by atoms with Crippen LogP contribution in [0.3, 0.4) is 0 Å². The van der Waals surface area contributed by atoms with Crippen LogP contribution >= 0.6 is 11.8 Å². The molecule has 1 aromatic heterocycles. The number of carbonyl (C=O) groups excluding carboxylic acids is 1. The summed E-state index contributed by atoms with van der Waals surface area (Å²) in [6.07, 6.45) is 2.41. The largest absolute Gasteiger partial charge is 0.465 e. The zero-order chi connectivity index (χ0) is 11.5. The van der Waals surface area contributed by atoms with E-state index in [1.807, 2.05) is 11.6 Å². The van der Waals surface area contributed by atoms with Gasteiger partial charge in [0.2, 0.25) is 0 Å². The van der Waals surface area contributed by atoms with E-state index in [0.29, 0.717) is 18.3 Å². The molecule has 2 rings (SSSR count). The Morgan fingerprint density at radius 2 is 2.31 bits per heavy atom. The Bertz CT molecular complexity index is 387. The van der Waals surface area contributed by atoms with E-state index >= 15 is 0 Å². The lowest BCUT2D eigenvalue weighted by Crippen LogP contribution is -2.07. The smallest absolute Gasteiger partial charge is 0.316 e. The minimum absolute atomic E-state index is 0.205. The molecular formula is C10H15N3O2S. The Morgan fingerprint density at radius 1 is 1.56 bits per heavy atom. The first kappa shape index (κ1) is 11.4. The molecule has 16 heavy (non-hydrogen) atoms. The van der Waals surface area contributed by atoms with Gasteiger partial charge in [-0.25, -0.2) is 0 Å². The molecule has 1 saturated carbocycles. The second-order valence-electron chi connectivity index (χ2n) is 3.77. The third kappa shape index (κ3) is 2.55. The first-order valence-electron chi connectivity index (χ1n) is 5.40. The van der Waals surface area contributed by atoms with E-state index in [4.69, 9.17) is 4.74 Å². The highest BCUT2D eigenvalue weighted by molar-refractivity contribution is 7.99. The Balaban J connectivity index is 1.91. The fourth-order valence-corrected chi connectivity index (χ4v) is 2.19. The van der Waals surface area contributed by atoms with Crippen LogP contribution in [0.25, 0.3) is 0 Å². The third-order valence-electron chi connectivity index (χ3n) is 2.44. The summed E-state index contributed by atoms with van der Waals surface area (Å²) >= 11 is 1.38. The summed E-state index contributed by atoms with van der Waals surface area (Å²) in [6.45, 7) is 2.22. The Morgan fingerprint density at radius 3 is 2.94 bits per heavy atom. The van der Waals surface area contributed by atoms with Crippen LogP contribution < -0.4 is 0 Å². The lowest BCUT2D eigenvalue weighted by Gasteiger charge is -2.02. The number of hydrogen-bond donors (Lipinski definition) is 0. The number of thioether (sulfide) groups is 1. The van der Waals surface area contributed by atoms with Gasteiger partial charge in [-0.1, -0.05) is 11.8 Å². The first-order valence-corrected chi connectivity index (χ1v) is 6.38. The average Bonchev–Trinajstić information content (AvgIpc) is 3.02. The van der Waals surface area contributed by atoms with Crippen LogP contribution in [-0.4, -0.2) is 33.1 Å². The molecule has 0 spiro atoms. The Hall–Kier alpha value is -1.04. The van der Waals surface area contributed by atoms with E-state index < -0.39 is 0 Å². The highest BCUT2D eigenvalue weighted by atomic mass is 32.2. The number of aromatic nitrogens is 3. The predicted octanol–water partition coefficient (Wildman–Crippen LogP) is 1.35. The van der Waals surface area contributed by atoms with Gasteiger partial charge in [0.1, 0.15) is 5.82 Å². The number of rotatable bonds is 5. The van der Waals surface area contributed by atoms with Crippen LogP contribution in [0.5, 0.6) is 0 Å². The van der Waals surface area contributed by atoms with Crippen LogP contribution in [0.15, 0.2) is 5.16 Å². The minimum Gasteiger partial charge on any atom is -0.465 e. The van der Waals surface area contributed by atoms with Crippen molar-refractivity contribution in [1.82, 2.24) is 14.8 Å². The highest BCUT2D eigenvalue weighted by Crippen LogP contribution is 2.39. The molecule has 0 aromatic carbocycles. The quantitative estimate of drug-likeness (QED) is 0.575. The van der Waals surface area contributed by atoms with Crippen molar-refractivity contribution < 1.29 is 9.53 Å². The summed E-state index contributed by atoms with van der Waals surface area (Å²) in [5.41, 5.74) is 0. The molecule has 1 aliphatic carbocycles. The SMILES string of the molecule is CCOC(=O)CSc1nnc(C2CC2)n1C. The molecule has 0 unspecified atom stereocenters. The maximum Gasteiger partial charge on any atom is 0.316 e. The van der Waals surface area contributed by atoms with Gasteiger partial charge in [0.05, 0.1) is 12.4 Å². The van der Waals surface area contributed by atoms with E-state index in [1.165, 1.54) is 24.6 Å². The van der Waals surface area contributed by atoms with Crippen molar-refractivity contribution in [1.29, 1.82) is 0 Å². The zero-order valence-electron chi connectivity index (χ0n) is 9.47. The molecule has 1 heterocycles. The number of esters is 1. The van der Waals surface area contributed by atoms with E-state index in [2.05, 4.69) is 10.2 Å². The number of carbonyl (C=O) groups is 1. The lowest BCUT2D eigenvalue weighted by atomic mass is 10.4. The molecule has 0 aliphatic heterocycles. The summed E-state index contributed by atoms with van der Waals surface area (Å²) in [5.74, 6) is 1.70. The van der Waals surface area contributed by atoms with Crippen LogP contribution in [0, 0.1) is 0 Å². The molecule has 0 atom stereocenters. The van der Waals surface area contributed by atoms with Crippen LogP contribution in [-0.2, 0) is 16.6 Å². The van der Waals surface area contributed by atoms with Crippen molar-refractivity contribution in [3.05, 3.63) is 5.82 Å². The predicted molar refractivity (Wildman–Crippen MR) is 60.3 cm³/mol. The Labute approximate surface area is 98.6 Å². The molecule has 5 nitrogen and oxygen atoms in total. The summed E-state index contributed by atoms with van der Waals surface area (Å²) < 4.78 is 6.83. The van der Waals surface area contributed by atoms with Gasteiger partial charge in [0.15, 0.2) is 5.16 Å². The van der Waals surface area contributed by atoms with E-state index in [9.17, 15) is 4.79 Å². The van der Waals surface area contributed by atoms with Gasteiger partial charge in [-0.3, -0.25) is 4.79 Å². The van der Waals surface area contributed by atoms with Gasteiger partial charge >= 0.3 is 5.97 Å². The highest BCUT2D eigenvalue weighted by Gasteiger charge is 2.29. The van der Waals surface area contributed by atoms with Crippen molar-refractivity contribution in [2.45, 2.75) is 30.8 Å². The van der Waals surface area contributed by atoms with E-state index in [0.717, 1.165) is 11.0 Å². The molecule has 6 heteroatoms. The van der Waals surface area contributed by atoms with Crippen LogP contribution in [0.2, 0.25) is 0 Å². The van der Waals surface area contributed by atoms with Crippen molar-refractivity contribution in [3.8, 4) is 0 Å². The first-order chi connectivity index (χ1) is 7.72. The topological polar surface area (TPSA) is 57.0 Å². The fraction of sp³-hybridized carbons (Fsp3) is 0.700. The van der Waals surface area contributed by atoms with Gasteiger partial charge in [0.25, 0.3) is 0 Å². The molecule has 1 aromatic rings. The van der Waals surface area contributed by atoms with Gasteiger partial charge in [-0.05, 0) is 19.8 Å². The van der Waals surface area contributed by atoms with Gasteiger partial charge in [0, 0.05) is 13.0 Å². The molecule has 0 saturated heterocycles. The van der Waals surface area contributed by atoms with Crippen molar-refractivity contribution >= 4 is 17.7 Å². The summed E-state index contributed by atoms with van der Waals surface area (Å²) in [4.78, 5) is 11.2. The van der Waals surface area contributed by atoms with Crippen LogP contribution in [0.1, 0.15) is 31.5 Å². The van der Waals surface area contributed by atoms with Crippen LogP contribution in [0.4, 0.5) is 0 Å². The molecular weight excluding hydrogens is 226 g/mol. The second-order valence-corrected chi connectivity index (χ2v) is 4.71. The fourth-order valence-electron chi connectivity index (χ4n) is 1.48. The zero-order valence-corrected chi connectivity index (χ0v) is 10.3. The maximum absolute atomic E-state index is 11.2. The Kier molecular flexibility index (Phi) is 3.48.